The number of hydrogen-bond donors (Lipinski definition) is 1. The number of ether oxygens (including phenoxy) is 1. The van der Waals surface area contributed by atoms with Gasteiger partial charge < -0.3 is 9.84 Å². The molecular weight excluding hydrogens is 238 g/mol. The average Bonchev–Trinajstić information content (AvgIpc) is 2.41. The first-order valence-corrected chi connectivity index (χ1v) is 6.44. The van der Waals surface area contributed by atoms with Crippen LogP contribution in [0.15, 0.2) is 36.7 Å². The predicted octanol–water partition coefficient (Wildman–Crippen LogP) is 3.18. The van der Waals surface area contributed by atoms with Crippen LogP contribution in [-0.2, 0) is 0 Å². The molecule has 0 fully saturated rings. The van der Waals surface area contributed by atoms with E-state index in [-0.39, 0.29) is 0 Å². The van der Waals surface area contributed by atoms with Crippen LogP contribution in [0.5, 0.6) is 5.75 Å². The predicted molar refractivity (Wildman–Crippen MR) is 75.4 cm³/mol. The van der Waals surface area contributed by atoms with Crippen LogP contribution >= 0.6 is 0 Å². The van der Waals surface area contributed by atoms with Crippen molar-refractivity contribution >= 4 is 0 Å². The lowest BCUT2D eigenvalue weighted by Crippen LogP contribution is -2.04. The van der Waals surface area contributed by atoms with E-state index in [0.29, 0.717) is 12.4 Å². The molecular formula is C16H19NO2. The molecule has 0 spiro atoms. The topological polar surface area (TPSA) is 42.4 Å². The van der Waals surface area contributed by atoms with Crippen LogP contribution in [0.3, 0.4) is 0 Å². The summed E-state index contributed by atoms with van der Waals surface area (Å²) >= 11 is 0. The maximum atomic E-state index is 10.5. The molecule has 0 bridgehead atoms. The molecule has 3 heteroatoms. The van der Waals surface area contributed by atoms with Gasteiger partial charge in [0.05, 0.1) is 12.8 Å². The van der Waals surface area contributed by atoms with Gasteiger partial charge in [-0.25, -0.2) is 0 Å². The largest absolute Gasteiger partial charge is 0.492 e. The van der Waals surface area contributed by atoms with Crippen molar-refractivity contribution < 1.29 is 9.84 Å². The highest BCUT2D eigenvalue weighted by atomic mass is 16.5. The number of benzene rings is 1. The third-order valence-corrected chi connectivity index (χ3v) is 3.09. The molecule has 1 aromatic carbocycles. The zero-order valence-corrected chi connectivity index (χ0v) is 11.6. The smallest absolute Gasteiger partial charge is 0.137 e. The van der Waals surface area contributed by atoms with Crippen molar-refractivity contribution in [1.82, 2.24) is 4.98 Å². The van der Waals surface area contributed by atoms with Crippen molar-refractivity contribution in [2.75, 3.05) is 6.61 Å². The van der Waals surface area contributed by atoms with Gasteiger partial charge in [0.25, 0.3) is 0 Å². The van der Waals surface area contributed by atoms with Crippen molar-refractivity contribution in [3.63, 3.8) is 0 Å². The normalized spacial score (nSPS) is 12.2. The molecule has 0 amide bonds. The van der Waals surface area contributed by atoms with E-state index in [4.69, 9.17) is 4.74 Å². The van der Waals surface area contributed by atoms with E-state index >= 15 is 0 Å². The van der Waals surface area contributed by atoms with E-state index < -0.39 is 6.10 Å². The Morgan fingerprint density at radius 1 is 1.21 bits per heavy atom. The fourth-order valence-corrected chi connectivity index (χ4v) is 2.06. The molecule has 1 aromatic heterocycles. The Kier molecular flexibility index (Phi) is 4.17. The summed E-state index contributed by atoms with van der Waals surface area (Å²) in [6.07, 6.45) is 2.66. The fraction of sp³-hybridized carbons (Fsp3) is 0.312. The number of hydrogen-bond acceptors (Lipinski definition) is 3. The highest BCUT2D eigenvalue weighted by Crippen LogP contribution is 2.27. The monoisotopic (exact) mass is 257 g/mol. The third-order valence-electron chi connectivity index (χ3n) is 3.09. The van der Waals surface area contributed by atoms with E-state index in [1.165, 1.54) is 0 Å². The Hall–Kier alpha value is -1.87. The first-order valence-electron chi connectivity index (χ1n) is 6.44. The Bertz CT molecular complexity index is 566. The van der Waals surface area contributed by atoms with Crippen molar-refractivity contribution in [3.8, 4) is 5.75 Å². The van der Waals surface area contributed by atoms with Gasteiger partial charge >= 0.3 is 0 Å². The lowest BCUT2D eigenvalue weighted by atomic mass is 9.97. The molecule has 2 rings (SSSR count). The summed E-state index contributed by atoms with van der Waals surface area (Å²) in [6, 6.07) is 7.91. The SMILES string of the molecule is CCOc1cncc(C(O)c2cc(C)ccc2C)c1. The van der Waals surface area contributed by atoms with Gasteiger partial charge in [-0.2, -0.15) is 0 Å². The van der Waals surface area contributed by atoms with Gasteiger partial charge in [0.1, 0.15) is 11.9 Å². The van der Waals surface area contributed by atoms with Gasteiger partial charge in [-0.15, -0.1) is 0 Å². The molecule has 1 N–H and O–H groups in total. The summed E-state index contributed by atoms with van der Waals surface area (Å²) in [6.45, 7) is 6.53. The summed E-state index contributed by atoms with van der Waals surface area (Å²) in [5, 5.41) is 10.5. The summed E-state index contributed by atoms with van der Waals surface area (Å²) < 4.78 is 5.41. The lowest BCUT2D eigenvalue weighted by Gasteiger charge is -2.15. The highest BCUT2D eigenvalue weighted by molar-refractivity contribution is 5.38. The Labute approximate surface area is 113 Å². The van der Waals surface area contributed by atoms with Crippen LogP contribution in [0.1, 0.15) is 35.3 Å². The Morgan fingerprint density at radius 3 is 2.74 bits per heavy atom. The maximum Gasteiger partial charge on any atom is 0.137 e. The number of aromatic nitrogens is 1. The first-order chi connectivity index (χ1) is 9.11. The molecule has 1 unspecified atom stereocenters. The van der Waals surface area contributed by atoms with Gasteiger partial charge in [-0.3, -0.25) is 4.98 Å². The molecule has 3 nitrogen and oxygen atoms in total. The molecule has 1 atom stereocenters. The summed E-state index contributed by atoms with van der Waals surface area (Å²) in [4.78, 5) is 4.12. The third kappa shape index (κ3) is 3.12. The zero-order chi connectivity index (χ0) is 13.8. The van der Waals surface area contributed by atoms with E-state index in [1.807, 2.05) is 45.0 Å². The minimum absolute atomic E-state index is 0.588. The van der Waals surface area contributed by atoms with Crippen LogP contribution < -0.4 is 4.74 Å². The molecule has 19 heavy (non-hydrogen) atoms. The van der Waals surface area contributed by atoms with Crippen molar-refractivity contribution in [3.05, 3.63) is 58.9 Å². The average molecular weight is 257 g/mol. The summed E-state index contributed by atoms with van der Waals surface area (Å²) in [7, 11) is 0. The summed E-state index contributed by atoms with van der Waals surface area (Å²) in [5.74, 6) is 0.685. The van der Waals surface area contributed by atoms with Crippen LogP contribution in [0.25, 0.3) is 0 Å². The van der Waals surface area contributed by atoms with Crippen molar-refractivity contribution in [2.45, 2.75) is 26.9 Å². The molecule has 0 radical (unpaired) electrons. The second kappa shape index (κ2) is 5.85. The molecule has 2 aromatic rings. The second-order valence-corrected chi connectivity index (χ2v) is 4.65. The zero-order valence-electron chi connectivity index (χ0n) is 11.6. The second-order valence-electron chi connectivity index (χ2n) is 4.65. The van der Waals surface area contributed by atoms with E-state index in [9.17, 15) is 5.11 Å². The van der Waals surface area contributed by atoms with Gasteiger partial charge in [-0.05, 0) is 38.0 Å². The van der Waals surface area contributed by atoms with Crippen molar-refractivity contribution in [1.29, 1.82) is 0 Å². The van der Waals surface area contributed by atoms with Crippen LogP contribution in [0.2, 0.25) is 0 Å². The van der Waals surface area contributed by atoms with Gasteiger partial charge in [-0.1, -0.05) is 23.8 Å². The Balaban J connectivity index is 2.35. The Morgan fingerprint density at radius 2 is 2.00 bits per heavy atom. The molecule has 0 saturated carbocycles. The molecule has 0 aliphatic carbocycles. The van der Waals surface area contributed by atoms with Gasteiger partial charge in [0.15, 0.2) is 0 Å². The minimum Gasteiger partial charge on any atom is -0.492 e. The fourth-order valence-electron chi connectivity index (χ4n) is 2.06. The molecule has 0 aliphatic rings. The molecule has 1 heterocycles. The molecule has 0 aliphatic heterocycles. The van der Waals surface area contributed by atoms with Gasteiger partial charge in [0.2, 0.25) is 0 Å². The lowest BCUT2D eigenvalue weighted by molar-refractivity contribution is 0.218. The number of pyridine rings is 1. The number of rotatable bonds is 4. The van der Waals surface area contributed by atoms with Crippen LogP contribution in [0.4, 0.5) is 0 Å². The van der Waals surface area contributed by atoms with E-state index in [0.717, 1.165) is 22.3 Å². The molecule has 100 valence electrons. The number of nitrogens with zero attached hydrogens (tertiary/aromatic N) is 1. The van der Waals surface area contributed by atoms with Crippen molar-refractivity contribution in [2.24, 2.45) is 0 Å². The summed E-state index contributed by atoms with van der Waals surface area (Å²) in [5.41, 5.74) is 3.86. The minimum atomic E-state index is -0.673. The highest BCUT2D eigenvalue weighted by Gasteiger charge is 2.14. The van der Waals surface area contributed by atoms with E-state index in [2.05, 4.69) is 4.98 Å². The van der Waals surface area contributed by atoms with Crippen LogP contribution in [0, 0.1) is 13.8 Å². The number of aliphatic hydroxyl groups excluding tert-OH is 1. The van der Waals surface area contributed by atoms with Crippen LogP contribution in [-0.4, -0.2) is 16.7 Å². The van der Waals surface area contributed by atoms with E-state index in [1.54, 1.807) is 12.4 Å². The number of aryl methyl sites for hydroxylation is 2. The quantitative estimate of drug-likeness (QED) is 0.914. The maximum absolute atomic E-state index is 10.5. The first kappa shape index (κ1) is 13.6. The number of aliphatic hydroxyl groups is 1. The van der Waals surface area contributed by atoms with Gasteiger partial charge in [0, 0.05) is 11.8 Å². The molecule has 0 saturated heterocycles. The standard InChI is InChI=1S/C16H19NO2/c1-4-19-14-8-13(9-17-10-14)16(18)15-7-11(2)5-6-12(15)3/h5-10,16,18H,4H2,1-3H3.